The maximum absolute atomic E-state index is 12.4. The minimum Gasteiger partial charge on any atom is -0.375 e. The first-order valence-corrected chi connectivity index (χ1v) is 6.69. The zero-order valence-electron chi connectivity index (χ0n) is 12.6. The maximum atomic E-state index is 12.4. The Balaban J connectivity index is 2.65. The third-order valence-electron chi connectivity index (χ3n) is 4.21. The van der Waals surface area contributed by atoms with Crippen LogP contribution in [0.5, 0.6) is 0 Å². The Bertz CT molecular complexity index is 316. The first-order valence-electron chi connectivity index (χ1n) is 6.69. The van der Waals surface area contributed by atoms with Crippen molar-refractivity contribution in [2.24, 2.45) is 11.1 Å². The van der Waals surface area contributed by atoms with Gasteiger partial charge in [0.2, 0.25) is 5.91 Å². The average Bonchev–Trinajstić information content (AvgIpc) is 2.13. The Morgan fingerprint density at radius 2 is 1.89 bits per heavy atom. The molecule has 1 aliphatic rings. The number of hydrogen-bond acceptors (Lipinski definition) is 3. The van der Waals surface area contributed by atoms with E-state index >= 15 is 0 Å². The summed E-state index contributed by atoms with van der Waals surface area (Å²) in [4.78, 5) is 12.4. The van der Waals surface area contributed by atoms with Crippen molar-refractivity contribution in [1.29, 1.82) is 0 Å². The van der Waals surface area contributed by atoms with Crippen LogP contribution >= 0.6 is 0 Å². The summed E-state index contributed by atoms with van der Waals surface area (Å²) in [5, 5.41) is 3.12. The molecule has 0 spiro atoms. The average molecular weight is 256 g/mol. The molecule has 0 saturated carbocycles. The van der Waals surface area contributed by atoms with Crippen LogP contribution in [-0.4, -0.2) is 29.7 Å². The van der Waals surface area contributed by atoms with Crippen molar-refractivity contribution in [3.05, 3.63) is 0 Å². The standard InChI is InChI=1S/C14H28N2O2/c1-12(2)9-10(7-8-18-12)16-11(17)13(3,4)14(5,6)15/h10H,7-9,15H2,1-6H3,(H,16,17). The van der Waals surface area contributed by atoms with Gasteiger partial charge in [-0.3, -0.25) is 4.79 Å². The Labute approximate surface area is 111 Å². The molecule has 1 aliphatic heterocycles. The third kappa shape index (κ3) is 3.45. The van der Waals surface area contributed by atoms with E-state index in [0.717, 1.165) is 12.8 Å². The summed E-state index contributed by atoms with van der Waals surface area (Å²) in [5.74, 6) is 0.0256. The molecule has 4 nitrogen and oxygen atoms in total. The summed E-state index contributed by atoms with van der Waals surface area (Å²) < 4.78 is 5.65. The maximum Gasteiger partial charge on any atom is 0.227 e. The molecule has 4 heteroatoms. The molecule has 1 amide bonds. The van der Waals surface area contributed by atoms with Crippen molar-refractivity contribution in [1.82, 2.24) is 5.32 Å². The molecule has 0 aromatic rings. The van der Waals surface area contributed by atoms with Crippen LogP contribution in [0.3, 0.4) is 0 Å². The molecule has 0 aliphatic carbocycles. The Morgan fingerprint density at radius 1 is 1.33 bits per heavy atom. The molecule has 0 bridgehead atoms. The lowest BCUT2D eigenvalue weighted by atomic mass is 9.74. The molecule has 1 fully saturated rings. The normalized spacial score (nSPS) is 24.7. The van der Waals surface area contributed by atoms with E-state index in [-0.39, 0.29) is 17.6 Å². The lowest BCUT2D eigenvalue weighted by Crippen LogP contribution is -2.58. The summed E-state index contributed by atoms with van der Waals surface area (Å²) in [6.45, 7) is 12.4. The predicted molar refractivity (Wildman–Crippen MR) is 73.2 cm³/mol. The van der Waals surface area contributed by atoms with Gasteiger partial charge in [0.05, 0.1) is 11.0 Å². The highest BCUT2D eigenvalue weighted by atomic mass is 16.5. The Hall–Kier alpha value is -0.610. The molecule has 1 saturated heterocycles. The van der Waals surface area contributed by atoms with Crippen molar-refractivity contribution in [2.45, 2.75) is 71.6 Å². The van der Waals surface area contributed by atoms with Crippen LogP contribution in [-0.2, 0) is 9.53 Å². The van der Waals surface area contributed by atoms with Crippen molar-refractivity contribution in [3.63, 3.8) is 0 Å². The molecule has 18 heavy (non-hydrogen) atoms. The number of carbonyl (C=O) groups is 1. The van der Waals surface area contributed by atoms with Crippen molar-refractivity contribution in [3.8, 4) is 0 Å². The van der Waals surface area contributed by atoms with E-state index in [0.29, 0.717) is 6.61 Å². The number of carbonyl (C=O) groups excluding carboxylic acids is 1. The second-order valence-electron chi connectivity index (χ2n) is 7.12. The van der Waals surface area contributed by atoms with E-state index in [1.807, 2.05) is 27.7 Å². The molecule has 0 aromatic carbocycles. The van der Waals surface area contributed by atoms with Crippen molar-refractivity contribution in [2.75, 3.05) is 6.61 Å². The zero-order chi connectivity index (χ0) is 14.2. The summed E-state index contributed by atoms with van der Waals surface area (Å²) in [5.41, 5.74) is 4.80. The van der Waals surface area contributed by atoms with Gasteiger partial charge in [0.1, 0.15) is 0 Å². The van der Waals surface area contributed by atoms with Gasteiger partial charge in [-0.25, -0.2) is 0 Å². The molecular weight excluding hydrogens is 228 g/mol. The van der Waals surface area contributed by atoms with E-state index in [9.17, 15) is 4.79 Å². The van der Waals surface area contributed by atoms with Crippen LogP contribution < -0.4 is 11.1 Å². The van der Waals surface area contributed by atoms with E-state index in [4.69, 9.17) is 10.5 Å². The minimum atomic E-state index is -0.588. The molecule has 1 heterocycles. The number of ether oxygens (including phenoxy) is 1. The van der Waals surface area contributed by atoms with Crippen molar-refractivity contribution >= 4 is 5.91 Å². The fourth-order valence-electron chi connectivity index (χ4n) is 2.01. The lowest BCUT2D eigenvalue weighted by Gasteiger charge is -2.40. The summed E-state index contributed by atoms with van der Waals surface area (Å²) in [6, 6.07) is 0.183. The van der Waals surface area contributed by atoms with Crippen LogP contribution in [0, 0.1) is 5.41 Å². The predicted octanol–water partition coefficient (Wildman–Crippen LogP) is 1.82. The fraction of sp³-hybridized carbons (Fsp3) is 0.929. The highest BCUT2D eigenvalue weighted by Crippen LogP contribution is 2.30. The third-order valence-corrected chi connectivity index (χ3v) is 4.21. The van der Waals surface area contributed by atoms with Gasteiger partial charge >= 0.3 is 0 Å². The van der Waals surface area contributed by atoms with E-state index in [1.165, 1.54) is 0 Å². The first-order chi connectivity index (χ1) is 7.96. The monoisotopic (exact) mass is 256 g/mol. The molecular formula is C14H28N2O2. The molecule has 1 atom stereocenters. The van der Waals surface area contributed by atoms with E-state index in [2.05, 4.69) is 19.2 Å². The fourth-order valence-corrected chi connectivity index (χ4v) is 2.01. The van der Waals surface area contributed by atoms with Crippen LogP contribution in [0.15, 0.2) is 0 Å². The minimum absolute atomic E-state index is 0.0256. The van der Waals surface area contributed by atoms with E-state index in [1.54, 1.807) is 0 Å². The van der Waals surface area contributed by atoms with Gasteiger partial charge in [-0.1, -0.05) is 0 Å². The number of hydrogen-bond donors (Lipinski definition) is 2. The number of amides is 1. The summed E-state index contributed by atoms with van der Waals surface area (Å²) in [6.07, 6.45) is 1.72. The van der Waals surface area contributed by atoms with Gasteiger partial charge in [0, 0.05) is 18.2 Å². The summed E-state index contributed by atoms with van der Waals surface area (Å²) in [7, 11) is 0. The number of nitrogens with one attached hydrogen (secondary N) is 1. The number of nitrogens with two attached hydrogens (primary N) is 1. The van der Waals surface area contributed by atoms with Gasteiger partial charge in [0.15, 0.2) is 0 Å². The Kier molecular flexibility index (Phi) is 4.13. The van der Waals surface area contributed by atoms with E-state index < -0.39 is 11.0 Å². The SMILES string of the molecule is CC1(C)CC(NC(=O)C(C)(C)C(C)(C)N)CCO1. The highest BCUT2D eigenvalue weighted by Gasteiger charge is 2.41. The van der Waals surface area contributed by atoms with Gasteiger partial charge in [0.25, 0.3) is 0 Å². The van der Waals surface area contributed by atoms with Crippen LogP contribution in [0.4, 0.5) is 0 Å². The molecule has 0 radical (unpaired) electrons. The molecule has 1 unspecified atom stereocenters. The molecule has 106 valence electrons. The van der Waals surface area contributed by atoms with Crippen LogP contribution in [0.1, 0.15) is 54.4 Å². The highest BCUT2D eigenvalue weighted by molar-refractivity contribution is 5.83. The smallest absolute Gasteiger partial charge is 0.227 e. The zero-order valence-corrected chi connectivity index (χ0v) is 12.6. The van der Waals surface area contributed by atoms with Gasteiger partial charge in [-0.2, -0.15) is 0 Å². The van der Waals surface area contributed by atoms with Gasteiger partial charge in [-0.15, -0.1) is 0 Å². The van der Waals surface area contributed by atoms with Gasteiger partial charge in [-0.05, 0) is 54.4 Å². The second-order valence-corrected chi connectivity index (χ2v) is 7.12. The molecule has 0 aromatic heterocycles. The van der Waals surface area contributed by atoms with Gasteiger partial charge < -0.3 is 15.8 Å². The largest absolute Gasteiger partial charge is 0.375 e. The Morgan fingerprint density at radius 3 is 2.33 bits per heavy atom. The van der Waals surface area contributed by atoms with Crippen LogP contribution in [0.2, 0.25) is 0 Å². The molecule has 3 N–H and O–H groups in total. The number of rotatable bonds is 3. The van der Waals surface area contributed by atoms with Crippen LogP contribution in [0.25, 0.3) is 0 Å². The van der Waals surface area contributed by atoms with Crippen molar-refractivity contribution < 1.29 is 9.53 Å². The summed E-state index contributed by atoms with van der Waals surface area (Å²) >= 11 is 0. The topological polar surface area (TPSA) is 64.4 Å². The molecule has 1 rings (SSSR count). The quantitative estimate of drug-likeness (QED) is 0.809. The lowest BCUT2D eigenvalue weighted by molar-refractivity contribution is -0.135. The second kappa shape index (κ2) is 4.82. The first kappa shape index (κ1) is 15.4.